The number of hydrogen-bond acceptors (Lipinski definition) is 3. The van der Waals surface area contributed by atoms with Crippen LogP contribution in [-0.4, -0.2) is 55.1 Å². The van der Waals surface area contributed by atoms with Crippen molar-refractivity contribution in [3.63, 3.8) is 0 Å². The first kappa shape index (κ1) is 26.1. The SMILES string of the molecule is CN(CC(F)(F)F)[C@H](CNC(=O)C1CC1(C)c1ccccc1)Cc1ccc(C(=O)NC2CC2)c(F)c1. The van der Waals surface area contributed by atoms with E-state index in [4.69, 9.17) is 0 Å². The second-order valence-corrected chi connectivity index (χ2v) is 10.2. The molecule has 5 nitrogen and oxygen atoms in total. The number of benzene rings is 2. The molecule has 4 rings (SSSR count). The Morgan fingerprint density at radius 2 is 1.83 bits per heavy atom. The quantitative estimate of drug-likeness (QED) is 0.476. The molecule has 0 radical (unpaired) electrons. The molecule has 2 aliphatic carbocycles. The molecule has 2 unspecified atom stereocenters. The van der Waals surface area contributed by atoms with Crippen LogP contribution < -0.4 is 10.6 Å². The number of carbonyl (C=O) groups excluding carboxylic acids is 2. The van der Waals surface area contributed by atoms with Crippen LogP contribution in [0.25, 0.3) is 0 Å². The van der Waals surface area contributed by atoms with Gasteiger partial charge in [0.25, 0.3) is 5.91 Å². The Bertz CT molecular complexity index is 1100. The van der Waals surface area contributed by atoms with Gasteiger partial charge in [0.05, 0.1) is 12.1 Å². The molecule has 0 bridgehead atoms. The second kappa shape index (κ2) is 10.2. The Morgan fingerprint density at radius 3 is 2.44 bits per heavy atom. The van der Waals surface area contributed by atoms with E-state index < -0.39 is 30.5 Å². The van der Waals surface area contributed by atoms with Crippen LogP contribution in [0, 0.1) is 11.7 Å². The Labute approximate surface area is 208 Å². The molecule has 0 spiro atoms. The fourth-order valence-corrected chi connectivity index (χ4v) is 4.66. The fraction of sp³-hybridized carbons (Fsp3) is 0.481. The van der Waals surface area contributed by atoms with E-state index in [0.29, 0.717) is 12.0 Å². The van der Waals surface area contributed by atoms with Gasteiger partial charge in [-0.15, -0.1) is 0 Å². The van der Waals surface area contributed by atoms with Gasteiger partial charge in [0.1, 0.15) is 5.82 Å². The molecule has 2 fully saturated rings. The summed E-state index contributed by atoms with van der Waals surface area (Å²) >= 11 is 0. The normalized spacial score (nSPS) is 22.2. The number of carbonyl (C=O) groups is 2. The lowest BCUT2D eigenvalue weighted by atomic mass is 9.95. The number of nitrogens with one attached hydrogen (secondary N) is 2. The van der Waals surface area contributed by atoms with Gasteiger partial charge in [0.2, 0.25) is 5.91 Å². The zero-order chi connectivity index (χ0) is 26.1. The van der Waals surface area contributed by atoms with E-state index in [-0.39, 0.29) is 41.8 Å². The van der Waals surface area contributed by atoms with Crippen molar-refractivity contribution < 1.29 is 27.2 Å². The lowest BCUT2D eigenvalue weighted by Gasteiger charge is -2.29. The van der Waals surface area contributed by atoms with Crippen molar-refractivity contribution in [2.75, 3.05) is 20.1 Å². The summed E-state index contributed by atoms with van der Waals surface area (Å²) in [6.45, 7) is 0.824. The molecular formula is C27H31F4N3O2. The maximum atomic E-state index is 14.6. The van der Waals surface area contributed by atoms with Crippen LogP contribution in [0.1, 0.15) is 47.7 Å². The molecule has 0 aliphatic heterocycles. The topological polar surface area (TPSA) is 61.4 Å². The third-order valence-electron chi connectivity index (χ3n) is 7.21. The minimum absolute atomic E-state index is 0.0156. The van der Waals surface area contributed by atoms with Gasteiger partial charge in [0.15, 0.2) is 0 Å². The third-order valence-corrected chi connectivity index (χ3v) is 7.21. The van der Waals surface area contributed by atoms with E-state index in [1.54, 1.807) is 6.07 Å². The van der Waals surface area contributed by atoms with Gasteiger partial charge in [-0.3, -0.25) is 14.5 Å². The number of hydrogen-bond donors (Lipinski definition) is 2. The van der Waals surface area contributed by atoms with E-state index in [9.17, 15) is 27.2 Å². The standard InChI is InChI=1S/C27H31F4N3O2/c1-26(18-6-4-3-5-7-18)14-22(26)25(36)32-15-20(34(2)16-27(29,30)31)12-17-8-11-21(23(28)13-17)24(35)33-19-9-10-19/h3-8,11,13,19-20,22H,9-10,12,14-16H2,1-2H3,(H,32,36)(H,33,35)/t20-,22?,26?/m0/s1. The van der Waals surface area contributed by atoms with Crippen LogP contribution in [0.5, 0.6) is 0 Å². The molecule has 3 atom stereocenters. The van der Waals surface area contributed by atoms with Crippen molar-refractivity contribution in [1.82, 2.24) is 15.5 Å². The summed E-state index contributed by atoms with van der Waals surface area (Å²) in [6, 6.07) is 13.1. The minimum atomic E-state index is -4.42. The van der Waals surface area contributed by atoms with Gasteiger partial charge in [0, 0.05) is 30.0 Å². The molecule has 0 aromatic heterocycles. The van der Waals surface area contributed by atoms with Crippen LogP contribution in [-0.2, 0) is 16.6 Å². The maximum Gasteiger partial charge on any atom is 0.401 e. The zero-order valence-electron chi connectivity index (χ0n) is 20.4. The van der Waals surface area contributed by atoms with E-state index in [0.717, 1.165) is 23.3 Å². The summed E-state index contributed by atoms with van der Waals surface area (Å²) in [5.41, 5.74) is 1.12. The molecule has 0 heterocycles. The average Bonchev–Trinajstić information content (AvgIpc) is 3.73. The number of alkyl halides is 3. The van der Waals surface area contributed by atoms with Crippen molar-refractivity contribution in [2.24, 2.45) is 5.92 Å². The summed E-state index contributed by atoms with van der Waals surface area (Å²) in [7, 11) is 1.34. The fourth-order valence-electron chi connectivity index (χ4n) is 4.66. The predicted octanol–water partition coefficient (Wildman–Crippen LogP) is 4.22. The highest BCUT2D eigenvalue weighted by Crippen LogP contribution is 2.53. The maximum absolute atomic E-state index is 14.6. The van der Waals surface area contributed by atoms with Gasteiger partial charge in [-0.05, 0) is 56.0 Å². The van der Waals surface area contributed by atoms with E-state index in [2.05, 4.69) is 10.6 Å². The number of amides is 2. The van der Waals surface area contributed by atoms with Crippen molar-refractivity contribution in [3.8, 4) is 0 Å². The van der Waals surface area contributed by atoms with Gasteiger partial charge in [-0.1, -0.05) is 43.3 Å². The van der Waals surface area contributed by atoms with Crippen LogP contribution in [0.3, 0.4) is 0 Å². The highest BCUT2D eigenvalue weighted by atomic mass is 19.4. The van der Waals surface area contributed by atoms with E-state index in [1.165, 1.54) is 19.2 Å². The molecule has 2 amide bonds. The molecule has 9 heteroatoms. The first-order valence-electron chi connectivity index (χ1n) is 12.2. The van der Waals surface area contributed by atoms with Gasteiger partial charge >= 0.3 is 6.18 Å². The number of rotatable bonds is 10. The number of halogens is 4. The zero-order valence-corrected chi connectivity index (χ0v) is 20.4. The summed E-state index contributed by atoms with van der Waals surface area (Å²) in [4.78, 5) is 26.2. The average molecular weight is 506 g/mol. The van der Waals surface area contributed by atoms with Crippen molar-refractivity contribution >= 4 is 11.8 Å². The van der Waals surface area contributed by atoms with Gasteiger partial charge in [-0.2, -0.15) is 13.2 Å². The molecule has 2 saturated carbocycles. The van der Waals surface area contributed by atoms with E-state index >= 15 is 0 Å². The molecule has 2 aliphatic rings. The third kappa shape index (κ3) is 6.43. The summed E-state index contributed by atoms with van der Waals surface area (Å²) in [5, 5.41) is 5.55. The largest absolute Gasteiger partial charge is 0.401 e. The molecular weight excluding hydrogens is 474 g/mol. The Balaban J connectivity index is 1.41. The van der Waals surface area contributed by atoms with Crippen molar-refractivity contribution in [1.29, 1.82) is 0 Å². The lowest BCUT2D eigenvalue weighted by Crippen LogP contribution is -2.47. The van der Waals surface area contributed by atoms with Crippen LogP contribution in [0.15, 0.2) is 48.5 Å². The van der Waals surface area contributed by atoms with Gasteiger partial charge in [-0.25, -0.2) is 4.39 Å². The Kier molecular flexibility index (Phi) is 7.41. The number of nitrogens with zero attached hydrogens (tertiary/aromatic N) is 1. The first-order valence-corrected chi connectivity index (χ1v) is 12.2. The van der Waals surface area contributed by atoms with Crippen molar-refractivity contribution in [3.05, 3.63) is 71.0 Å². The summed E-state index contributed by atoms with van der Waals surface area (Å²) in [6.07, 6.45) is -1.93. The second-order valence-electron chi connectivity index (χ2n) is 10.2. The predicted molar refractivity (Wildman–Crippen MR) is 128 cm³/mol. The summed E-state index contributed by atoms with van der Waals surface area (Å²) in [5.74, 6) is -1.67. The van der Waals surface area contributed by atoms with Crippen LogP contribution in [0.4, 0.5) is 17.6 Å². The molecule has 36 heavy (non-hydrogen) atoms. The molecule has 2 aromatic carbocycles. The molecule has 0 saturated heterocycles. The Morgan fingerprint density at radius 1 is 1.14 bits per heavy atom. The highest BCUT2D eigenvalue weighted by Gasteiger charge is 2.55. The van der Waals surface area contributed by atoms with Crippen LogP contribution in [0.2, 0.25) is 0 Å². The number of likely N-dealkylation sites (N-methyl/N-ethyl adjacent to an activating group) is 1. The molecule has 2 aromatic rings. The highest BCUT2D eigenvalue weighted by molar-refractivity contribution is 5.94. The smallest absolute Gasteiger partial charge is 0.354 e. The first-order chi connectivity index (χ1) is 17.0. The molecule has 194 valence electrons. The monoisotopic (exact) mass is 505 g/mol. The van der Waals surface area contributed by atoms with Crippen molar-refractivity contribution in [2.45, 2.75) is 56.3 Å². The van der Waals surface area contributed by atoms with Crippen LogP contribution >= 0.6 is 0 Å². The van der Waals surface area contributed by atoms with E-state index in [1.807, 2.05) is 37.3 Å². The Hall–Kier alpha value is -2.94. The molecule has 2 N–H and O–H groups in total. The minimum Gasteiger partial charge on any atom is -0.354 e. The lowest BCUT2D eigenvalue weighted by molar-refractivity contribution is -0.147. The summed E-state index contributed by atoms with van der Waals surface area (Å²) < 4.78 is 54.0. The van der Waals surface area contributed by atoms with Gasteiger partial charge < -0.3 is 10.6 Å².